The number of aryl methyl sites for hydroxylation is 1. The molecule has 5 nitrogen and oxygen atoms in total. The van der Waals surface area contributed by atoms with Gasteiger partial charge in [0.2, 0.25) is 0 Å². The van der Waals surface area contributed by atoms with Crippen molar-refractivity contribution in [1.29, 1.82) is 0 Å². The molecule has 0 N–H and O–H groups in total. The summed E-state index contributed by atoms with van der Waals surface area (Å²) in [5.41, 5.74) is 3.69. The molecular formula is C21H23N3O2. The number of anilines is 1. The number of Topliss-reactive ketones (excluding diaryl/α,β-unsaturated/α-hetero) is 1. The summed E-state index contributed by atoms with van der Waals surface area (Å²) in [6.07, 6.45) is 0. The van der Waals surface area contributed by atoms with Crippen LogP contribution in [0.2, 0.25) is 0 Å². The highest BCUT2D eigenvalue weighted by molar-refractivity contribution is 5.95. The van der Waals surface area contributed by atoms with Crippen LogP contribution in [0.5, 0.6) is 0 Å². The Morgan fingerprint density at radius 3 is 2.35 bits per heavy atom. The summed E-state index contributed by atoms with van der Waals surface area (Å²) in [6, 6.07) is 13.4. The molecule has 0 aliphatic heterocycles. The fourth-order valence-electron chi connectivity index (χ4n) is 3.27. The Bertz CT molecular complexity index is 1020. The molecule has 1 aromatic heterocycles. The normalized spacial score (nSPS) is 10.9. The van der Waals surface area contributed by atoms with E-state index in [1.54, 1.807) is 4.57 Å². The molecule has 0 fully saturated rings. The average Bonchev–Trinajstić information content (AvgIpc) is 2.63. The minimum Gasteiger partial charge on any atom is -0.372 e. The van der Waals surface area contributed by atoms with E-state index in [4.69, 9.17) is 0 Å². The van der Waals surface area contributed by atoms with Crippen LogP contribution in [0.4, 0.5) is 5.69 Å². The minimum absolute atomic E-state index is 0.0277. The molecule has 0 amide bonds. The molecule has 0 atom stereocenters. The number of aromatic nitrogens is 2. The van der Waals surface area contributed by atoms with E-state index in [2.05, 4.69) is 29.8 Å². The summed E-state index contributed by atoms with van der Waals surface area (Å²) in [6.45, 7) is 9.29. The molecule has 2 aromatic carbocycles. The molecular weight excluding hydrogens is 326 g/mol. The van der Waals surface area contributed by atoms with Crippen LogP contribution in [-0.2, 0) is 0 Å². The Kier molecular flexibility index (Phi) is 4.89. The summed E-state index contributed by atoms with van der Waals surface area (Å²) in [7, 11) is 0. The van der Waals surface area contributed by atoms with Gasteiger partial charge < -0.3 is 4.90 Å². The molecule has 0 saturated heterocycles. The fraction of sp³-hybridized carbons (Fsp3) is 0.286. The number of ketones is 1. The predicted molar refractivity (Wildman–Crippen MR) is 106 cm³/mol. The molecule has 3 aromatic rings. The largest absolute Gasteiger partial charge is 0.372 e. The Labute approximate surface area is 152 Å². The van der Waals surface area contributed by atoms with Gasteiger partial charge in [-0.3, -0.25) is 14.2 Å². The number of nitrogens with zero attached hydrogens (tertiary/aromatic N) is 3. The average molecular weight is 349 g/mol. The van der Waals surface area contributed by atoms with Crippen molar-refractivity contribution in [2.75, 3.05) is 18.0 Å². The van der Waals surface area contributed by atoms with Gasteiger partial charge in [-0.25, -0.2) is 4.98 Å². The molecule has 3 rings (SSSR count). The number of hydrogen-bond donors (Lipinski definition) is 0. The molecule has 5 heteroatoms. The highest BCUT2D eigenvalue weighted by Gasteiger charge is 2.18. The molecule has 0 saturated carbocycles. The third-order valence-corrected chi connectivity index (χ3v) is 4.61. The first-order valence-electron chi connectivity index (χ1n) is 8.86. The van der Waals surface area contributed by atoms with Gasteiger partial charge in [-0.1, -0.05) is 18.2 Å². The van der Waals surface area contributed by atoms with Crippen LogP contribution in [0.1, 0.15) is 36.8 Å². The maximum atomic E-state index is 13.0. The van der Waals surface area contributed by atoms with Crippen LogP contribution in [0, 0.1) is 6.92 Å². The van der Waals surface area contributed by atoms with Crippen molar-refractivity contribution >= 4 is 22.5 Å². The van der Waals surface area contributed by atoms with Crippen molar-refractivity contribution in [3.05, 3.63) is 64.1 Å². The number of carbonyl (C=O) groups excluding carboxylic acids is 1. The van der Waals surface area contributed by atoms with Crippen LogP contribution >= 0.6 is 0 Å². The summed E-state index contributed by atoms with van der Waals surface area (Å²) in [5.74, 6) is -0.325. The van der Waals surface area contributed by atoms with Crippen LogP contribution in [0.25, 0.3) is 16.7 Å². The van der Waals surface area contributed by atoms with E-state index in [1.165, 1.54) is 6.92 Å². The first-order chi connectivity index (χ1) is 12.5. The highest BCUT2D eigenvalue weighted by Crippen LogP contribution is 2.26. The first kappa shape index (κ1) is 17.9. The van der Waals surface area contributed by atoms with Crippen LogP contribution in [0.3, 0.4) is 0 Å². The van der Waals surface area contributed by atoms with E-state index in [9.17, 15) is 9.59 Å². The topological polar surface area (TPSA) is 55.2 Å². The summed E-state index contributed by atoms with van der Waals surface area (Å²) in [4.78, 5) is 31.6. The number of benzene rings is 2. The second-order valence-electron chi connectivity index (χ2n) is 6.30. The lowest BCUT2D eigenvalue weighted by Gasteiger charge is -2.23. The van der Waals surface area contributed by atoms with Crippen molar-refractivity contribution in [3.63, 3.8) is 0 Å². The zero-order valence-corrected chi connectivity index (χ0v) is 15.6. The number of fused-ring (bicyclic) bond motifs is 1. The standard InChI is InChI=1S/C21H23N3O2/c1-5-23(6-2)17-12-14(3)19-18(13-17)24(16-10-8-7-9-11-16)21(26)20(22-19)15(4)25/h7-13H,5-6H2,1-4H3. The zero-order valence-electron chi connectivity index (χ0n) is 15.6. The smallest absolute Gasteiger partial charge is 0.285 e. The van der Waals surface area contributed by atoms with Crippen molar-refractivity contribution in [2.45, 2.75) is 27.7 Å². The Morgan fingerprint density at radius 2 is 1.77 bits per heavy atom. The van der Waals surface area contributed by atoms with Crippen LogP contribution in [0.15, 0.2) is 47.3 Å². The van der Waals surface area contributed by atoms with E-state index in [-0.39, 0.29) is 17.0 Å². The Balaban J connectivity index is 2.45. The van der Waals surface area contributed by atoms with Gasteiger partial charge in [-0.05, 0) is 50.6 Å². The monoisotopic (exact) mass is 349 g/mol. The van der Waals surface area contributed by atoms with E-state index in [0.717, 1.165) is 30.0 Å². The van der Waals surface area contributed by atoms with E-state index >= 15 is 0 Å². The van der Waals surface area contributed by atoms with Gasteiger partial charge in [0.15, 0.2) is 11.5 Å². The van der Waals surface area contributed by atoms with Gasteiger partial charge >= 0.3 is 0 Å². The van der Waals surface area contributed by atoms with Crippen LogP contribution in [-0.4, -0.2) is 28.4 Å². The molecule has 26 heavy (non-hydrogen) atoms. The quantitative estimate of drug-likeness (QED) is 0.659. The third kappa shape index (κ3) is 3.01. The number of hydrogen-bond acceptors (Lipinski definition) is 4. The SMILES string of the molecule is CCN(CC)c1cc(C)c2nc(C(C)=O)c(=O)n(-c3ccccc3)c2c1. The van der Waals surface area contributed by atoms with Gasteiger partial charge in [0.1, 0.15) is 0 Å². The van der Waals surface area contributed by atoms with Crippen LogP contribution < -0.4 is 10.5 Å². The molecule has 0 spiro atoms. The van der Waals surface area contributed by atoms with E-state index in [1.807, 2.05) is 43.3 Å². The van der Waals surface area contributed by atoms with Gasteiger partial charge in [-0.15, -0.1) is 0 Å². The van der Waals surface area contributed by atoms with Crippen molar-refractivity contribution in [3.8, 4) is 5.69 Å². The lowest BCUT2D eigenvalue weighted by Crippen LogP contribution is -2.27. The number of rotatable bonds is 5. The van der Waals surface area contributed by atoms with E-state index in [0.29, 0.717) is 11.0 Å². The molecule has 134 valence electrons. The zero-order chi connectivity index (χ0) is 18.8. The number of carbonyl (C=O) groups is 1. The molecule has 0 unspecified atom stereocenters. The second-order valence-corrected chi connectivity index (χ2v) is 6.30. The maximum Gasteiger partial charge on any atom is 0.285 e. The number of para-hydroxylation sites is 1. The highest BCUT2D eigenvalue weighted by atomic mass is 16.1. The van der Waals surface area contributed by atoms with Gasteiger partial charge in [0, 0.05) is 31.4 Å². The molecule has 0 radical (unpaired) electrons. The lowest BCUT2D eigenvalue weighted by molar-refractivity contribution is 0.101. The van der Waals surface area contributed by atoms with E-state index < -0.39 is 0 Å². The summed E-state index contributed by atoms with van der Waals surface area (Å²) in [5, 5.41) is 0. The summed E-state index contributed by atoms with van der Waals surface area (Å²) >= 11 is 0. The Hall–Kier alpha value is -2.95. The van der Waals surface area contributed by atoms with Crippen molar-refractivity contribution in [2.24, 2.45) is 0 Å². The fourth-order valence-corrected chi connectivity index (χ4v) is 3.27. The van der Waals surface area contributed by atoms with Gasteiger partial charge in [0.05, 0.1) is 11.0 Å². The molecule has 0 aliphatic carbocycles. The Morgan fingerprint density at radius 1 is 1.12 bits per heavy atom. The second kappa shape index (κ2) is 7.12. The molecule has 1 heterocycles. The van der Waals surface area contributed by atoms with Crippen molar-refractivity contribution < 1.29 is 4.79 Å². The molecule has 0 bridgehead atoms. The molecule has 0 aliphatic rings. The summed E-state index contributed by atoms with van der Waals surface area (Å²) < 4.78 is 1.60. The van der Waals surface area contributed by atoms with Gasteiger partial charge in [0.25, 0.3) is 5.56 Å². The van der Waals surface area contributed by atoms with Gasteiger partial charge in [-0.2, -0.15) is 0 Å². The third-order valence-electron chi connectivity index (χ3n) is 4.61. The maximum absolute atomic E-state index is 13.0. The minimum atomic E-state index is -0.382. The first-order valence-corrected chi connectivity index (χ1v) is 8.86. The lowest BCUT2D eigenvalue weighted by atomic mass is 10.1. The van der Waals surface area contributed by atoms with Crippen molar-refractivity contribution in [1.82, 2.24) is 9.55 Å². The predicted octanol–water partition coefficient (Wildman–Crippen LogP) is 3.74.